The molecule has 0 aliphatic heterocycles. The van der Waals surface area contributed by atoms with Crippen LogP contribution in [0, 0.1) is 20.8 Å². The molecule has 2 aromatic carbocycles. The molecule has 0 saturated heterocycles. The first-order valence-electron chi connectivity index (χ1n) is 7.71. The molecule has 0 radical (unpaired) electrons. The van der Waals surface area contributed by atoms with Gasteiger partial charge in [-0.15, -0.1) is 0 Å². The summed E-state index contributed by atoms with van der Waals surface area (Å²) in [4.78, 5) is 12.4. The lowest BCUT2D eigenvalue weighted by molar-refractivity contribution is 0.102. The van der Waals surface area contributed by atoms with E-state index in [1.165, 1.54) is 0 Å². The van der Waals surface area contributed by atoms with E-state index in [0.717, 1.165) is 22.4 Å². The topological polar surface area (TPSA) is 75.3 Å². The summed E-state index contributed by atoms with van der Waals surface area (Å²) in [6.45, 7) is 7.49. The number of sulfonamides is 1. The second-order valence-corrected chi connectivity index (χ2v) is 7.82. The van der Waals surface area contributed by atoms with E-state index in [4.69, 9.17) is 0 Å². The molecule has 0 unspecified atom stereocenters. The van der Waals surface area contributed by atoms with Gasteiger partial charge in [-0.3, -0.25) is 9.52 Å². The zero-order valence-corrected chi connectivity index (χ0v) is 15.1. The Bertz CT molecular complexity index is 833. The van der Waals surface area contributed by atoms with E-state index < -0.39 is 10.0 Å². The van der Waals surface area contributed by atoms with E-state index >= 15 is 0 Å². The first-order valence-corrected chi connectivity index (χ1v) is 9.37. The van der Waals surface area contributed by atoms with Crippen LogP contribution in [0.15, 0.2) is 36.4 Å². The lowest BCUT2D eigenvalue weighted by Crippen LogP contribution is -2.16. The summed E-state index contributed by atoms with van der Waals surface area (Å²) < 4.78 is 25.5. The van der Waals surface area contributed by atoms with Gasteiger partial charge in [0.15, 0.2) is 0 Å². The Labute approximate surface area is 143 Å². The van der Waals surface area contributed by atoms with E-state index in [1.807, 2.05) is 32.9 Å². The molecule has 128 valence electrons. The van der Waals surface area contributed by atoms with Gasteiger partial charge >= 0.3 is 0 Å². The zero-order chi connectivity index (χ0) is 17.9. The van der Waals surface area contributed by atoms with E-state index in [0.29, 0.717) is 11.3 Å². The molecule has 0 aliphatic rings. The zero-order valence-electron chi connectivity index (χ0n) is 14.3. The maximum absolute atomic E-state index is 12.4. The van der Waals surface area contributed by atoms with E-state index in [-0.39, 0.29) is 11.7 Å². The second kappa shape index (κ2) is 7.05. The van der Waals surface area contributed by atoms with Gasteiger partial charge in [0.05, 0.1) is 5.75 Å². The number of benzene rings is 2. The summed E-state index contributed by atoms with van der Waals surface area (Å²) in [5, 5.41) is 2.92. The van der Waals surface area contributed by atoms with Crippen molar-refractivity contribution in [1.29, 1.82) is 0 Å². The monoisotopic (exact) mass is 346 g/mol. The number of nitrogens with one attached hydrogen (secondary N) is 2. The molecular formula is C18H22N2O3S. The van der Waals surface area contributed by atoms with Crippen molar-refractivity contribution >= 4 is 27.3 Å². The molecule has 0 saturated carbocycles. The van der Waals surface area contributed by atoms with Crippen LogP contribution < -0.4 is 10.0 Å². The first-order chi connectivity index (χ1) is 11.2. The summed E-state index contributed by atoms with van der Waals surface area (Å²) >= 11 is 0. The molecule has 0 aliphatic carbocycles. The van der Waals surface area contributed by atoms with Crippen molar-refractivity contribution in [2.24, 2.45) is 0 Å². The maximum atomic E-state index is 12.4. The van der Waals surface area contributed by atoms with Gasteiger partial charge in [0.25, 0.3) is 5.91 Å². The molecule has 1 amide bonds. The van der Waals surface area contributed by atoms with Crippen molar-refractivity contribution in [1.82, 2.24) is 0 Å². The lowest BCUT2D eigenvalue weighted by atomic mass is 10.0. The Hall–Kier alpha value is -2.34. The van der Waals surface area contributed by atoms with Crippen molar-refractivity contribution in [3.63, 3.8) is 0 Å². The third kappa shape index (κ3) is 4.35. The molecule has 0 heterocycles. The number of aryl methyl sites for hydroxylation is 3. The molecule has 2 rings (SSSR count). The highest BCUT2D eigenvalue weighted by Gasteiger charge is 2.11. The van der Waals surface area contributed by atoms with Crippen LogP contribution in [0.3, 0.4) is 0 Å². The third-order valence-electron chi connectivity index (χ3n) is 3.72. The Balaban J connectivity index is 2.17. The molecule has 24 heavy (non-hydrogen) atoms. The number of carbonyl (C=O) groups excluding carboxylic acids is 1. The highest BCUT2D eigenvalue weighted by Crippen LogP contribution is 2.23. The predicted octanol–water partition coefficient (Wildman–Crippen LogP) is 3.63. The molecule has 6 heteroatoms. The minimum atomic E-state index is -3.32. The SMILES string of the molecule is CCS(=O)(=O)Nc1ccc(C(=O)Nc2c(C)cc(C)cc2C)cc1. The largest absolute Gasteiger partial charge is 0.322 e. The number of hydrogen-bond acceptors (Lipinski definition) is 3. The number of hydrogen-bond donors (Lipinski definition) is 2. The molecular weight excluding hydrogens is 324 g/mol. The highest BCUT2D eigenvalue weighted by atomic mass is 32.2. The van der Waals surface area contributed by atoms with Crippen LogP contribution in [-0.4, -0.2) is 20.1 Å². The fourth-order valence-corrected chi connectivity index (χ4v) is 3.14. The molecule has 0 bridgehead atoms. The van der Waals surface area contributed by atoms with Gasteiger partial charge in [-0.05, 0) is 63.1 Å². The molecule has 0 spiro atoms. The normalized spacial score (nSPS) is 11.2. The fourth-order valence-electron chi connectivity index (χ4n) is 2.50. The number of carbonyl (C=O) groups is 1. The van der Waals surface area contributed by atoms with Crippen LogP contribution in [0.1, 0.15) is 34.0 Å². The van der Waals surface area contributed by atoms with Crippen molar-refractivity contribution in [2.45, 2.75) is 27.7 Å². The molecule has 0 fully saturated rings. The Morgan fingerprint density at radius 1 is 1.00 bits per heavy atom. The molecule has 0 aromatic heterocycles. The Kier molecular flexibility index (Phi) is 5.29. The van der Waals surface area contributed by atoms with Crippen LogP contribution in [-0.2, 0) is 10.0 Å². The third-order valence-corrected chi connectivity index (χ3v) is 5.02. The Morgan fingerprint density at radius 3 is 2.04 bits per heavy atom. The van der Waals surface area contributed by atoms with Gasteiger partial charge in [0.1, 0.15) is 0 Å². The smallest absolute Gasteiger partial charge is 0.255 e. The van der Waals surface area contributed by atoms with Crippen molar-refractivity contribution in [3.8, 4) is 0 Å². The first kappa shape index (κ1) is 18.0. The van der Waals surface area contributed by atoms with E-state index in [2.05, 4.69) is 10.0 Å². The van der Waals surface area contributed by atoms with Gasteiger partial charge in [-0.25, -0.2) is 8.42 Å². The average Bonchev–Trinajstić information content (AvgIpc) is 2.51. The van der Waals surface area contributed by atoms with Gasteiger partial charge in [0.2, 0.25) is 10.0 Å². The summed E-state index contributed by atoms with van der Waals surface area (Å²) in [6, 6.07) is 10.4. The molecule has 0 atom stereocenters. The molecule has 5 nitrogen and oxygen atoms in total. The lowest BCUT2D eigenvalue weighted by Gasteiger charge is -2.13. The minimum Gasteiger partial charge on any atom is -0.322 e. The standard InChI is InChI=1S/C18H22N2O3S/c1-5-24(22,23)20-16-8-6-15(7-9-16)18(21)19-17-13(3)10-12(2)11-14(17)4/h6-11,20H,5H2,1-4H3,(H,19,21). The van der Waals surface area contributed by atoms with Crippen LogP contribution in [0.25, 0.3) is 0 Å². The highest BCUT2D eigenvalue weighted by molar-refractivity contribution is 7.92. The van der Waals surface area contributed by atoms with Gasteiger partial charge in [-0.2, -0.15) is 0 Å². The second-order valence-electron chi connectivity index (χ2n) is 5.81. The van der Waals surface area contributed by atoms with Crippen LogP contribution in [0.4, 0.5) is 11.4 Å². The van der Waals surface area contributed by atoms with Gasteiger partial charge in [-0.1, -0.05) is 17.7 Å². The summed E-state index contributed by atoms with van der Waals surface area (Å²) in [7, 11) is -3.32. The van der Waals surface area contributed by atoms with Crippen LogP contribution in [0.5, 0.6) is 0 Å². The van der Waals surface area contributed by atoms with Crippen molar-refractivity contribution in [2.75, 3.05) is 15.8 Å². The van der Waals surface area contributed by atoms with Crippen molar-refractivity contribution in [3.05, 3.63) is 58.7 Å². The summed E-state index contributed by atoms with van der Waals surface area (Å²) in [5.74, 6) is -0.226. The Morgan fingerprint density at radius 2 is 1.54 bits per heavy atom. The van der Waals surface area contributed by atoms with E-state index in [1.54, 1.807) is 31.2 Å². The van der Waals surface area contributed by atoms with Crippen molar-refractivity contribution < 1.29 is 13.2 Å². The molecule has 2 N–H and O–H groups in total. The minimum absolute atomic E-state index is 0.00121. The summed E-state index contributed by atoms with van der Waals surface area (Å²) in [5.41, 5.74) is 4.88. The number of anilines is 2. The van der Waals surface area contributed by atoms with Crippen LogP contribution >= 0.6 is 0 Å². The maximum Gasteiger partial charge on any atom is 0.255 e. The predicted molar refractivity (Wildman–Crippen MR) is 98.1 cm³/mol. The number of amides is 1. The fraction of sp³-hybridized carbons (Fsp3) is 0.278. The van der Waals surface area contributed by atoms with E-state index in [9.17, 15) is 13.2 Å². The van der Waals surface area contributed by atoms with Gasteiger partial charge in [0, 0.05) is 16.9 Å². The average molecular weight is 346 g/mol. The van der Waals surface area contributed by atoms with Gasteiger partial charge < -0.3 is 5.32 Å². The summed E-state index contributed by atoms with van der Waals surface area (Å²) in [6.07, 6.45) is 0. The quantitative estimate of drug-likeness (QED) is 0.868. The van der Waals surface area contributed by atoms with Crippen LogP contribution in [0.2, 0.25) is 0 Å². The molecule has 2 aromatic rings. The number of rotatable bonds is 5.